The first kappa shape index (κ1) is 26.4. The van der Waals surface area contributed by atoms with Gasteiger partial charge in [0.15, 0.2) is 5.78 Å². The highest BCUT2D eigenvalue weighted by atomic mass is 19.1. The molecule has 2 bridgehead atoms. The van der Waals surface area contributed by atoms with Crippen LogP contribution in [-0.4, -0.2) is 65.6 Å². The number of ether oxygens (including phenoxy) is 2. The number of carbonyl (C=O) groups excluding carboxylic acids is 2. The largest absolute Gasteiger partial charge is 0.490 e. The summed E-state index contributed by atoms with van der Waals surface area (Å²) in [5, 5.41) is 9.76. The van der Waals surface area contributed by atoms with Crippen LogP contribution >= 0.6 is 0 Å². The van der Waals surface area contributed by atoms with Crippen LogP contribution in [0.1, 0.15) is 64.9 Å². The average Bonchev–Trinajstić information content (AvgIpc) is 3.42. The number of benzene rings is 1. The van der Waals surface area contributed by atoms with Crippen LogP contribution in [0.3, 0.4) is 0 Å². The molecule has 2 heterocycles. The van der Waals surface area contributed by atoms with Gasteiger partial charge < -0.3 is 14.4 Å². The van der Waals surface area contributed by atoms with Crippen molar-refractivity contribution in [3.63, 3.8) is 0 Å². The van der Waals surface area contributed by atoms with Gasteiger partial charge in [0, 0.05) is 31.6 Å². The molecule has 8 heteroatoms. The Bertz CT molecular complexity index is 1010. The van der Waals surface area contributed by atoms with E-state index in [1.165, 1.54) is 6.07 Å². The minimum atomic E-state index is -0.674. The number of likely N-dealkylation sites (tertiary alicyclic amines) is 2. The minimum Gasteiger partial charge on any atom is -0.490 e. The summed E-state index contributed by atoms with van der Waals surface area (Å²) in [6, 6.07) is 6.40. The maximum absolute atomic E-state index is 14.9. The lowest BCUT2D eigenvalue weighted by atomic mass is 9.88. The van der Waals surface area contributed by atoms with E-state index in [9.17, 15) is 19.2 Å². The molecule has 2 aliphatic heterocycles. The molecule has 0 radical (unpaired) electrons. The number of ketones is 1. The summed E-state index contributed by atoms with van der Waals surface area (Å²) in [7, 11) is 2.08. The van der Waals surface area contributed by atoms with Gasteiger partial charge in [-0.1, -0.05) is 6.07 Å². The number of fused-ring (bicyclic) bond motifs is 2. The molecule has 3 aliphatic rings. The quantitative estimate of drug-likeness (QED) is 0.540. The Hall–Kier alpha value is -2.66. The van der Waals surface area contributed by atoms with E-state index in [2.05, 4.69) is 18.0 Å². The number of rotatable bonds is 7. The molecule has 4 rings (SSSR count). The number of Topliss-reactive ketones (excluding diaryl/α,β-unsaturated/α-hetero) is 1. The molecule has 2 saturated heterocycles. The fraction of sp³-hybridized carbons (Fsp3) is 0.679. The van der Waals surface area contributed by atoms with E-state index in [0.717, 1.165) is 45.2 Å². The monoisotopic (exact) mass is 499 g/mol. The highest BCUT2D eigenvalue weighted by Crippen LogP contribution is 2.44. The average molecular weight is 500 g/mol. The smallest absolute Gasteiger partial charge is 0.411 e. The van der Waals surface area contributed by atoms with E-state index in [1.54, 1.807) is 37.8 Å². The van der Waals surface area contributed by atoms with Crippen molar-refractivity contribution in [2.45, 2.75) is 89.5 Å². The first-order valence-corrected chi connectivity index (χ1v) is 13.1. The third kappa shape index (κ3) is 6.18. The van der Waals surface area contributed by atoms with Gasteiger partial charge in [0.1, 0.15) is 23.3 Å². The molecule has 36 heavy (non-hydrogen) atoms. The summed E-state index contributed by atoms with van der Waals surface area (Å²) >= 11 is 0. The highest BCUT2D eigenvalue weighted by molar-refractivity contribution is 5.89. The standard InChI is InChI=1S/C28H38FN3O4/c1-28(2,3)36-27(34)32-21-7-5-20(15-21)26(32)25(33)14-18(17-30)13-19-6-8-23(16-24(19)29)35-22-9-11-31(4)12-10-22/h6,8,16,18,20-22,26H,5,7,9-15H2,1-4H3/t18-,20+,21-,26+/m1/s1. The van der Waals surface area contributed by atoms with E-state index >= 15 is 0 Å². The zero-order valence-electron chi connectivity index (χ0n) is 21.8. The Labute approximate surface area is 213 Å². The molecule has 3 fully saturated rings. The second kappa shape index (κ2) is 10.8. The van der Waals surface area contributed by atoms with Crippen molar-refractivity contribution in [3.8, 4) is 11.8 Å². The molecule has 0 N–H and O–H groups in total. The molecule has 1 aromatic rings. The Balaban J connectivity index is 1.38. The Morgan fingerprint density at radius 2 is 1.92 bits per heavy atom. The molecule has 196 valence electrons. The van der Waals surface area contributed by atoms with Crippen LogP contribution in [0.4, 0.5) is 9.18 Å². The van der Waals surface area contributed by atoms with Gasteiger partial charge in [0.25, 0.3) is 0 Å². The maximum atomic E-state index is 14.9. The van der Waals surface area contributed by atoms with Crippen molar-refractivity contribution in [2.75, 3.05) is 20.1 Å². The predicted octanol–water partition coefficient (Wildman–Crippen LogP) is 4.73. The summed E-state index contributed by atoms with van der Waals surface area (Å²) in [6.07, 6.45) is 4.09. The molecule has 1 saturated carbocycles. The second-order valence-electron chi connectivity index (χ2n) is 11.6. The lowest BCUT2D eigenvalue weighted by Gasteiger charge is -2.35. The minimum absolute atomic E-state index is 0.00823. The molecule has 4 atom stereocenters. The molecule has 1 aliphatic carbocycles. The number of nitriles is 1. The highest BCUT2D eigenvalue weighted by Gasteiger charge is 2.52. The molecule has 7 nitrogen and oxygen atoms in total. The summed E-state index contributed by atoms with van der Waals surface area (Å²) < 4.78 is 26.4. The van der Waals surface area contributed by atoms with Gasteiger partial charge in [-0.05, 0) is 83.9 Å². The first-order valence-electron chi connectivity index (χ1n) is 13.1. The van der Waals surface area contributed by atoms with Crippen LogP contribution in [0.5, 0.6) is 5.75 Å². The number of piperidine rings is 2. The van der Waals surface area contributed by atoms with Crippen LogP contribution in [0.15, 0.2) is 18.2 Å². The Morgan fingerprint density at radius 3 is 2.56 bits per heavy atom. The summed E-state index contributed by atoms with van der Waals surface area (Å²) in [5.74, 6) is -0.648. The van der Waals surface area contributed by atoms with E-state index in [0.29, 0.717) is 11.3 Å². The Kier molecular flexibility index (Phi) is 7.89. The Morgan fingerprint density at radius 1 is 1.19 bits per heavy atom. The molecule has 1 aromatic carbocycles. The third-order valence-corrected chi connectivity index (χ3v) is 7.61. The zero-order chi connectivity index (χ0) is 26.0. The van der Waals surface area contributed by atoms with Crippen molar-refractivity contribution in [3.05, 3.63) is 29.6 Å². The van der Waals surface area contributed by atoms with E-state index in [1.807, 2.05) is 0 Å². The van der Waals surface area contributed by atoms with Crippen LogP contribution < -0.4 is 4.74 Å². The lowest BCUT2D eigenvalue weighted by molar-refractivity contribution is -0.126. The van der Waals surface area contributed by atoms with Crippen LogP contribution in [0.25, 0.3) is 0 Å². The van der Waals surface area contributed by atoms with Crippen molar-refractivity contribution >= 4 is 11.9 Å². The second-order valence-corrected chi connectivity index (χ2v) is 11.6. The molecule has 1 amide bonds. The van der Waals surface area contributed by atoms with Gasteiger partial charge in [-0.3, -0.25) is 9.69 Å². The normalized spacial score (nSPS) is 25.4. The SMILES string of the molecule is CN1CCC(Oc2ccc(C[C@@H](C#N)CC(=O)[C@@H]3[C@H]4CC[C@H](C4)N3C(=O)OC(C)(C)C)c(F)c2)CC1. The van der Waals surface area contributed by atoms with Crippen LogP contribution in [0.2, 0.25) is 0 Å². The molecular formula is C28H38FN3O4. The van der Waals surface area contributed by atoms with Gasteiger partial charge >= 0.3 is 6.09 Å². The van der Waals surface area contributed by atoms with Gasteiger partial charge in [-0.15, -0.1) is 0 Å². The van der Waals surface area contributed by atoms with Gasteiger partial charge in [0.05, 0.1) is 18.0 Å². The van der Waals surface area contributed by atoms with Crippen LogP contribution in [0, 0.1) is 29.0 Å². The summed E-state index contributed by atoms with van der Waals surface area (Å²) in [5.41, 5.74) is -0.260. The number of hydrogen-bond acceptors (Lipinski definition) is 6. The van der Waals surface area contributed by atoms with Crippen molar-refractivity contribution < 1.29 is 23.5 Å². The molecular weight excluding hydrogens is 461 g/mol. The summed E-state index contributed by atoms with van der Waals surface area (Å²) in [6.45, 7) is 7.33. The van der Waals surface area contributed by atoms with Crippen molar-refractivity contribution in [1.29, 1.82) is 5.26 Å². The van der Waals surface area contributed by atoms with Gasteiger partial charge in [-0.2, -0.15) is 5.26 Å². The zero-order valence-corrected chi connectivity index (χ0v) is 21.8. The van der Waals surface area contributed by atoms with E-state index in [-0.39, 0.29) is 36.7 Å². The topological polar surface area (TPSA) is 82.9 Å². The number of amides is 1. The lowest BCUT2D eigenvalue weighted by Crippen LogP contribution is -2.51. The van der Waals surface area contributed by atoms with Crippen molar-refractivity contribution in [2.24, 2.45) is 11.8 Å². The predicted molar refractivity (Wildman–Crippen MR) is 133 cm³/mol. The van der Waals surface area contributed by atoms with Gasteiger partial charge in [-0.25, -0.2) is 9.18 Å². The molecule has 0 spiro atoms. The molecule has 0 aromatic heterocycles. The van der Waals surface area contributed by atoms with Crippen molar-refractivity contribution in [1.82, 2.24) is 9.80 Å². The van der Waals surface area contributed by atoms with E-state index < -0.39 is 29.5 Å². The maximum Gasteiger partial charge on any atom is 0.411 e. The number of halogens is 1. The third-order valence-electron chi connectivity index (χ3n) is 7.61. The fourth-order valence-electron chi connectivity index (χ4n) is 5.84. The van der Waals surface area contributed by atoms with E-state index in [4.69, 9.17) is 9.47 Å². The van der Waals surface area contributed by atoms with Crippen LogP contribution in [-0.2, 0) is 16.0 Å². The van der Waals surface area contributed by atoms with Gasteiger partial charge in [0.2, 0.25) is 0 Å². The fourth-order valence-corrected chi connectivity index (χ4v) is 5.84. The number of hydrogen-bond donors (Lipinski definition) is 0. The number of carbonyl (C=O) groups is 2. The summed E-state index contributed by atoms with van der Waals surface area (Å²) in [4.78, 5) is 30.1. The number of nitrogens with zero attached hydrogens (tertiary/aromatic N) is 3. The first-order chi connectivity index (χ1) is 17.0. The molecule has 0 unspecified atom stereocenters.